The van der Waals surface area contributed by atoms with Crippen LogP contribution in [0.3, 0.4) is 0 Å². The van der Waals surface area contributed by atoms with Crippen molar-refractivity contribution in [2.24, 2.45) is 11.3 Å². The summed E-state index contributed by atoms with van der Waals surface area (Å²) >= 11 is 0. The number of imidazole rings is 1. The molecule has 0 amide bonds. The molecule has 138 valence electrons. The molecule has 1 aromatic carbocycles. The molecule has 26 heavy (non-hydrogen) atoms. The highest BCUT2D eigenvalue weighted by atomic mass is 16.5. The van der Waals surface area contributed by atoms with E-state index in [1.54, 1.807) is 6.07 Å². The lowest BCUT2D eigenvalue weighted by molar-refractivity contribution is -0.0591. The number of hydrogen-bond donors (Lipinski definition) is 1. The van der Waals surface area contributed by atoms with Gasteiger partial charge in [-0.3, -0.25) is 0 Å². The number of benzene rings is 1. The maximum absolute atomic E-state index is 12.0. The molecule has 1 aromatic heterocycles. The van der Waals surface area contributed by atoms with Gasteiger partial charge in [-0.2, -0.15) is 0 Å². The number of ether oxygens (including phenoxy) is 2. The van der Waals surface area contributed by atoms with Crippen LogP contribution < -0.4 is 5.32 Å². The van der Waals surface area contributed by atoms with Crippen molar-refractivity contribution in [1.29, 1.82) is 0 Å². The first-order chi connectivity index (χ1) is 12.7. The molecule has 3 aliphatic rings. The number of fused-ring (bicyclic) bond motifs is 2. The Morgan fingerprint density at radius 2 is 2.38 bits per heavy atom. The predicted molar refractivity (Wildman–Crippen MR) is 97.2 cm³/mol. The lowest BCUT2D eigenvalue weighted by atomic mass is 9.92. The normalized spacial score (nSPS) is 29.9. The third kappa shape index (κ3) is 2.63. The topological polar surface area (TPSA) is 65.4 Å². The van der Waals surface area contributed by atoms with E-state index in [0.717, 1.165) is 61.9 Å². The van der Waals surface area contributed by atoms with Crippen LogP contribution in [0.4, 0.5) is 0 Å². The summed E-state index contributed by atoms with van der Waals surface area (Å²) in [5, 5.41) is 3.51. The summed E-state index contributed by atoms with van der Waals surface area (Å²) in [5.41, 5.74) is 2.97. The number of methoxy groups -OCH3 is 1. The van der Waals surface area contributed by atoms with E-state index >= 15 is 0 Å². The standard InChI is InChI=1S/C20H25N3O3/c1-25-19(24)13-2-3-16-17(8-13)23(12-15-4-7-26-15)18(22-16)10-20-5-6-21-11-14(20)9-20/h2-3,8,14-15,21H,4-7,9-12H2,1H3/t14-,15-,20-/m0/s1. The van der Waals surface area contributed by atoms with Crippen LogP contribution in [0.2, 0.25) is 0 Å². The molecule has 6 heteroatoms. The molecule has 2 saturated heterocycles. The van der Waals surface area contributed by atoms with Gasteiger partial charge in [0, 0.05) is 13.0 Å². The number of hydrogen-bond acceptors (Lipinski definition) is 5. The average molecular weight is 355 g/mol. The number of carbonyl (C=O) groups excluding carboxylic acids is 1. The second kappa shape index (κ2) is 6.06. The first kappa shape index (κ1) is 16.3. The van der Waals surface area contributed by atoms with Gasteiger partial charge in [0.15, 0.2) is 0 Å². The first-order valence-corrected chi connectivity index (χ1v) is 9.58. The van der Waals surface area contributed by atoms with E-state index in [-0.39, 0.29) is 12.1 Å². The number of carbonyl (C=O) groups is 1. The van der Waals surface area contributed by atoms with Gasteiger partial charge < -0.3 is 19.4 Å². The minimum atomic E-state index is -0.305. The minimum Gasteiger partial charge on any atom is -0.465 e. The maximum Gasteiger partial charge on any atom is 0.337 e. The van der Waals surface area contributed by atoms with Crippen LogP contribution in [0.15, 0.2) is 18.2 Å². The van der Waals surface area contributed by atoms with Crippen LogP contribution in [0, 0.1) is 11.3 Å². The third-order valence-electron chi connectivity index (χ3n) is 6.49. The van der Waals surface area contributed by atoms with Gasteiger partial charge >= 0.3 is 5.97 Å². The zero-order chi connectivity index (χ0) is 17.7. The molecule has 0 unspecified atom stereocenters. The highest BCUT2D eigenvalue weighted by Crippen LogP contribution is 2.58. The van der Waals surface area contributed by atoms with Crippen LogP contribution in [0.5, 0.6) is 0 Å². The second-order valence-electron chi connectivity index (χ2n) is 8.01. The van der Waals surface area contributed by atoms with Gasteiger partial charge in [0.05, 0.1) is 36.4 Å². The van der Waals surface area contributed by atoms with E-state index in [4.69, 9.17) is 14.5 Å². The molecular formula is C20H25N3O3. The number of esters is 1. The number of nitrogens with one attached hydrogen (secondary N) is 1. The van der Waals surface area contributed by atoms with Crippen LogP contribution in [-0.4, -0.2) is 48.4 Å². The van der Waals surface area contributed by atoms with Gasteiger partial charge in [-0.05, 0) is 61.9 Å². The molecule has 0 radical (unpaired) electrons. The van der Waals surface area contributed by atoms with Crippen LogP contribution in [-0.2, 0) is 22.4 Å². The molecule has 3 atom stereocenters. The fourth-order valence-electron chi connectivity index (χ4n) is 4.65. The Labute approximate surface area is 152 Å². The highest BCUT2D eigenvalue weighted by molar-refractivity contribution is 5.93. The Balaban J connectivity index is 1.53. The molecule has 5 rings (SSSR count). The SMILES string of the molecule is COC(=O)c1ccc2nc(C[C@@]34CCNC[C@@H]3C4)n(C[C@@H]3CCO3)c2c1. The summed E-state index contributed by atoms with van der Waals surface area (Å²) in [6.45, 7) is 3.90. The Kier molecular flexibility index (Phi) is 3.79. The van der Waals surface area contributed by atoms with E-state index in [9.17, 15) is 4.79 Å². The Morgan fingerprint density at radius 1 is 1.50 bits per heavy atom. The van der Waals surface area contributed by atoms with Gasteiger partial charge in [-0.15, -0.1) is 0 Å². The third-order valence-corrected chi connectivity index (χ3v) is 6.49. The summed E-state index contributed by atoms with van der Waals surface area (Å²) in [6, 6.07) is 5.66. The lowest BCUT2D eigenvalue weighted by Gasteiger charge is -2.28. The molecule has 1 saturated carbocycles. The van der Waals surface area contributed by atoms with Crippen molar-refractivity contribution in [3.8, 4) is 0 Å². The molecule has 3 heterocycles. The quantitative estimate of drug-likeness (QED) is 0.833. The maximum atomic E-state index is 12.0. The van der Waals surface area contributed by atoms with Crippen molar-refractivity contribution in [1.82, 2.24) is 14.9 Å². The molecule has 2 aliphatic heterocycles. The Hall–Kier alpha value is -1.92. The van der Waals surface area contributed by atoms with Crippen LogP contribution in [0.25, 0.3) is 11.0 Å². The molecule has 0 spiro atoms. The van der Waals surface area contributed by atoms with Gasteiger partial charge in [-0.25, -0.2) is 9.78 Å². The predicted octanol–water partition coefficient (Wildman–Crippen LogP) is 2.15. The largest absolute Gasteiger partial charge is 0.465 e. The number of piperidine rings is 1. The summed E-state index contributed by atoms with van der Waals surface area (Å²) in [5.74, 6) is 1.62. The fraction of sp³-hybridized carbons (Fsp3) is 0.600. The zero-order valence-electron chi connectivity index (χ0n) is 15.2. The van der Waals surface area contributed by atoms with Gasteiger partial charge in [0.25, 0.3) is 0 Å². The zero-order valence-corrected chi connectivity index (χ0v) is 15.2. The molecule has 3 fully saturated rings. The van der Waals surface area contributed by atoms with Crippen molar-refractivity contribution in [3.05, 3.63) is 29.6 Å². The molecule has 0 bridgehead atoms. The lowest BCUT2D eigenvalue weighted by Crippen LogP contribution is -2.33. The van der Waals surface area contributed by atoms with E-state index in [1.807, 2.05) is 12.1 Å². The van der Waals surface area contributed by atoms with Crippen molar-refractivity contribution < 1.29 is 14.3 Å². The smallest absolute Gasteiger partial charge is 0.337 e. The highest BCUT2D eigenvalue weighted by Gasteiger charge is 2.55. The van der Waals surface area contributed by atoms with Crippen LogP contribution >= 0.6 is 0 Å². The minimum absolute atomic E-state index is 0.258. The van der Waals surface area contributed by atoms with E-state index in [2.05, 4.69) is 9.88 Å². The number of rotatable bonds is 5. The first-order valence-electron chi connectivity index (χ1n) is 9.58. The number of nitrogens with zero attached hydrogens (tertiary/aromatic N) is 2. The van der Waals surface area contributed by atoms with E-state index in [1.165, 1.54) is 20.0 Å². The Bertz CT molecular complexity index is 857. The van der Waals surface area contributed by atoms with Crippen molar-refractivity contribution >= 4 is 17.0 Å². The van der Waals surface area contributed by atoms with Crippen molar-refractivity contribution in [2.75, 3.05) is 26.8 Å². The fourth-order valence-corrected chi connectivity index (χ4v) is 4.65. The van der Waals surface area contributed by atoms with E-state index in [0.29, 0.717) is 11.0 Å². The molecule has 1 N–H and O–H groups in total. The van der Waals surface area contributed by atoms with E-state index < -0.39 is 0 Å². The summed E-state index contributed by atoms with van der Waals surface area (Å²) in [7, 11) is 1.42. The average Bonchev–Trinajstić information content (AvgIpc) is 3.25. The monoisotopic (exact) mass is 355 g/mol. The van der Waals surface area contributed by atoms with Crippen LogP contribution in [0.1, 0.15) is 35.4 Å². The summed E-state index contributed by atoms with van der Waals surface area (Å²) in [6.07, 6.45) is 4.90. The van der Waals surface area contributed by atoms with Crippen molar-refractivity contribution in [3.63, 3.8) is 0 Å². The summed E-state index contributed by atoms with van der Waals surface area (Å²) < 4.78 is 12.9. The van der Waals surface area contributed by atoms with Crippen molar-refractivity contribution in [2.45, 2.75) is 38.3 Å². The second-order valence-corrected chi connectivity index (χ2v) is 8.01. The van der Waals surface area contributed by atoms with Gasteiger partial charge in [0.1, 0.15) is 5.82 Å². The number of aromatic nitrogens is 2. The van der Waals surface area contributed by atoms with Gasteiger partial charge in [0.2, 0.25) is 0 Å². The molecule has 1 aliphatic carbocycles. The Morgan fingerprint density at radius 3 is 3.12 bits per heavy atom. The summed E-state index contributed by atoms with van der Waals surface area (Å²) in [4.78, 5) is 16.9. The molecule has 6 nitrogen and oxygen atoms in total. The molecule has 2 aromatic rings. The molecular weight excluding hydrogens is 330 g/mol. The van der Waals surface area contributed by atoms with Gasteiger partial charge in [-0.1, -0.05) is 0 Å².